The molecule has 2 saturated heterocycles. The van der Waals surface area contributed by atoms with Crippen LogP contribution in [0.25, 0.3) is 11.3 Å². The van der Waals surface area contributed by atoms with Crippen LogP contribution in [0.1, 0.15) is 30.9 Å². The van der Waals surface area contributed by atoms with Gasteiger partial charge in [0.2, 0.25) is 5.95 Å². The van der Waals surface area contributed by atoms with Crippen LogP contribution >= 0.6 is 37.2 Å². The maximum Gasteiger partial charge on any atom is 0.255 e. The quantitative estimate of drug-likeness (QED) is 0.389. The first-order valence-electron chi connectivity index (χ1n) is 12.6. The van der Waals surface area contributed by atoms with E-state index in [1.165, 1.54) is 55.2 Å². The molecule has 12 heteroatoms. The number of piperidine rings is 1. The van der Waals surface area contributed by atoms with Crippen LogP contribution in [0.3, 0.4) is 0 Å². The van der Waals surface area contributed by atoms with Crippen molar-refractivity contribution in [3.05, 3.63) is 70.5 Å². The number of pyridine rings is 1. The molecule has 0 amide bonds. The number of nitrogens with zero attached hydrogens (tertiary/aromatic N) is 5. The lowest BCUT2D eigenvalue weighted by Crippen LogP contribution is -2.41. The summed E-state index contributed by atoms with van der Waals surface area (Å²) < 4.78 is 27.8. The molecular formula is C27H35Cl3FN5O3. The second-order valence-corrected chi connectivity index (χ2v) is 9.32. The zero-order chi connectivity index (χ0) is 24.9. The number of rotatable bonds is 7. The molecule has 8 nitrogen and oxygen atoms in total. The third kappa shape index (κ3) is 8.05. The first kappa shape index (κ1) is 32.8. The Bertz CT molecular complexity index is 1240. The lowest BCUT2D eigenvalue weighted by atomic mass is 10.1. The van der Waals surface area contributed by atoms with Gasteiger partial charge in [-0.15, -0.1) is 37.2 Å². The first-order valence-corrected chi connectivity index (χ1v) is 12.6. The molecule has 4 heterocycles. The fourth-order valence-electron chi connectivity index (χ4n) is 4.82. The number of hydrogen-bond donors (Lipinski definition) is 0. The highest BCUT2D eigenvalue weighted by Crippen LogP contribution is 2.28. The lowest BCUT2D eigenvalue weighted by Gasteiger charge is -2.34. The average molecular weight is 603 g/mol. The van der Waals surface area contributed by atoms with Gasteiger partial charge in [-0.25, -0.2) is 9.37 Å². The molecule has 0 spiro atoms. The van der Waals surface area contributed by atoms with E-state index >= 15 is 0 Å². The second-order valence-electron chi connectivity index (χ2n) is 9.32. The van der Waals surface area contributed by atoms with E-state index in [1.807, 2.05) is 29.2 Å². The molecule has 2 fully saturated rings. The smallest absolute Gasteiger partial charge is 0.255 e. The molecule has 0 saturated carbocycles. The lowest BCUT2D eigenvalue weighted by molar-refractivity contribution is 0.0389. The van der Waals surface area contributed by atoms with Crippen LogP contribution in [0, 0.1) is 5.82 Å². The van der Waals surface area contributed by atoms with Gasteiger partial charge in [0.25, 0.3) is 5.56 Å². The molecule has 5 rings (SSSR count). The Morgan fingerprint density at radius 2 is 1.79 bits per heavy atom. The molecule has 1 atom stereocenters. The third-order valence-electron chi connectivity index (χ3n) is 6.89. The second kappa shape index (κ2) is 15.4. The number of hydrogen-bond acceptors (Lipinski definition) is 7. The molecular weight excluding hydrogens is 568 g/mol. The van der Waals surface area contributed by atoms with Gasteiger partial charge in [-0.05, 0) is 49.7 Å². The molecule has 1 aromatic carbocycles. The van der Waals surface area contributed by atoms with Gasteiger partial charge < -0.3 is 14.4 Å². The summed E-state index contributed by atoms with van der Waals surface area (Å²) in [6.07, 6.45) is 6.33. The Kier molecular flexibility index (Phi) is 12.9. The van der Waals surface area contributed by atoms with E-state index in [1.54, 1.807) is 7.05 Å². The number of likely N-dealkylation sites (tertiary alicyclic amines) is 1. The standard InChI is InChI=1S/C27H32FN5O3.3ClH/c1-31-26(34)17-24(22-9-10-29-18-23(22)28)30-27(31)33-14-16-36-25(19-33)20-5-7-21(8-6-20)35-15-13-32-11-3-2-4-12-32;;;/h5-10,17-18,25H,2-4,11-16,19H2,1H3;3*1H/t25-;;;/m1.../s1. The van der Waals surface area contributed by atoms with Crippen molar-refractivity contribution in [3.63, 3.8) is 0 Å². The van der Waals surface area contributed by atoms with Crippen molar-refractivity contribution in [2.75, 3.05) is 50.8 Å². The summed E-state index contributed by atoms with van der Waals surface area (Å²) in [6, 6.07) is 10.9. The molecule has 0 N–H and O–H groups in total. The number of anilines is 1. The molecule has 2 aromatic heterocycles. The van der Waals surface area contributed by atoms with E-state index in [2.05, 4.69) is 14.9 Å². The zero-order valence-electron chi connectivity index (χ0n) is 21.8. The van der Waals surface area contributed by atoms with Gasteiger partial charge in [0, 0.05) is 38.0 Å². The highest BCUT2D eigenvalue weighted by molar-refractivity contribution is 5.86. The summed E-state index contributed by atoms with van der Waals surface area (Å²) in [6.45, 7) is 5.56. The number of halogens is 4. The summed E-state index contributed by atoms with van der Waals surface area (Å²) in [7, 11) is 1.68. The minimum Gasteiger partial charge on any atom is -0.492 e. The largest absolute Gasteiger partial charge is 0.492 e. The summed E-state index contributed by atoms with van der Waals surface area (Å²) in [5.74, 6) is 0.821. The normalized spacial score (nSPS) is 17.4. The average Bonchev–Trinajstić information content (AvgIpc) is 2.91. The van der Waals surface area contributed by atoms with Crippen molar-refractivity contribution in [3.8, 4) is 17.0 Å². The van der Waals surface area contributed by atoms with E-state index in [9.17, 15) is 9.18 Å². The van der Waals surface area contributed by atoms with E-state index in [0.29, 0.717) is 37.9 Å². The van der Waals surface area contributed by atoms with Gasteiger partial charge in [-0.2, -0.15) is 0 Å². The Morgan fingerprint density at radius 1 is 1.05 bits per heavy atom. The highest BCUT2D eigenvalue weighted by atomic mass is 35.5. The summed E-state index contributed by atoms with van der Waals surface area (Å²) >= 11 is 0. The molecule has 2 aliphatic heterocycles. The maximum absolute atomic E-state index is 14.3. The van der Waals surface area contributed by atoms with Gasteiger partial charge in [-0.1, -0.05) is 18.6 Å². The van der Waals surface area contributed by atoms with E-state index in [0.717, 1.165) is 24.1 Å². The van der Waals surface area contributed by atoms with Crippen molar-refractivity contribution in [2.24, 2.45) is 7.05 Å². The Hall–Kier alpha value is -2.43. The molecule has 0 unspecified atom stereocenters. The van der Waals surface area contributed by atoms with E-state index < -0.39 is 5.82 Å². The van der Waals surface area contributed by atoms with Gasteiger partial charge in [0.05, 0.1) is 25.0 Å². The monoisotopic (exact) mass is 601 g/mol. The summed E-state index contributed by atoms with van der Waals surface area (Å²) in [5, 5.41) is 0. The fraction of sp³-hybridized carbons (Fsp3) is 0.444. The summed E-state index contributed by atoms with van der Waals surface area (Å²) in [5.41, 5.74) is 1.33. The Labute approximate surface area is 246 Å². The van der Waals surface area contributed by atoms with Crippen LogP contribution in [0.4, 0.5) is 10.3 Å². The number of benzene rings is 1. The van der Waals surface area contributed by atoms with Crippen LogP contribution in [0.15, 0.2) is 53.6 Å². The van der Waals surface area contributed by atoms with Crippen LogP contribution in [0.5, 0.6) is 5.75 Å². The number of ether oxygens (including phenoxy) is 2. The number of aromatic nitrogens is 3. The molecule has 2 aliphatic rings. The fourth-order valence-corrected chi connectivity index (χ4v) is 4.82. The first-order chi connectivity index (χ1) is 17.6. The molecule has 39 heavy (non-hydrogen) atoms. The number of morpholine rings is 1. The van der Waals surface area contributed by atoms with Crippen LogP contribution < -0.4 is 15.2 Å². The topological polar surface area (TPSA) is 72.7 Å². The summed E-state index contributed by atoms with van der Waals surface area (Å²) in [4.78, 5) is 25.6. The van der Waals surface area contributed by atoms with Crippen molar-refractivity contribution in [1.29, 1.82) is 0 Å². The van der Waals surface area contributed by atoms with Gasteiger partial charge in [0.15, 0.2) is 5.82 Å². The molecule has 214 valence electrons. The van der Waals surface area contributed by atoms with Crippen molar-refractivity contribution >= 4 is 43.2 Å². The Balaban J connectivity index is 0.00000178. The highest BCUT2D eigenvalue weighted by Gasteiger charge is 2.25. The minimum absolute atomic E-state index is 0. The zero-order valence-corrected chi connectivity index (χ0v) is 24.3. The maximum atomic E-state index is 14.3. The predicted molar refractivity (Wildman–Crippen MR) is 158 cm³/mol. The van der Waals surface area contributed by atoms with Crippen molar-refractivity contribution in [2.45, 2.75) is 25.4 Å². The van der Waals surface area contributed by atoms with Gasteiger partial charge in [0.1, 0.15) is 18.5 Å². The van der Waals surface area contributed by atoms with E-state index in [-0.39, 0.29) is 54.4 Å². The van der Waals surface area contributed by atoms with Crippen molar-refractivity contribution < 1.29 is 13.9 Å². The van der Waals surface area contributed by atoms with Crippen molar-refractivity contribution in [1.82, 2.24) is 19.4 Å². The van der Waals surface area contributed by atoms with Crippen LogP contribution in [-0.4, -0.2) is 65.4 Å². The van der Waals surface area contributed by atoms with Gasteiger partial charge >= 0.3 is 0 Å². The van der Waals surface area contributed by atoms with Crippen LogP contribution in [-0.2, 0) is 11.8 Å². The predicted octanol–water partition coefficient (Wildman–Crippen LogP) is 4.69. The molecule has 0 aliphatic carbocycles. The molecule has 3 aromatic rings. The SMILES string of the molecule is Cl.Cl.Cl.Cn1c(N2CCO[C@@H](c3ccc(OCCN4CCCCC4)cc3)C2)nc(-c2ccncc2F)cc1=O. The van der Waals surface area contributed by atoms with E-state index in [4.69, 9.17) is 9.47 Å². The minimum atomic E-state index is -0.512. The molecule has 0 bridgehead atoms. The van der Waals surface area contributed by atoms with Gasteiger partial charge in [-0.3, -0.25) is 19.2 Å². The third-order valence-corrected chi connectivity index (χ3v) is 6.89. The molecule has 0 radical (unpaired) electrons. The van der Waals surface area contributed by atoms with Crippen LogP contribution in [0.2, 0.25) is 0 Å². The Morgan fingerprint density at radius 3 is 2.51 bits per heavy atom.